The average molecular weight is 292 g/mol. The van der Waals surface area contributed by atoms with Gasteiger partial charge in [0.25, 0.3) is 0 Å². The first-order valence-electron chi connectivity index (χ1n) is 7.96. The molecule has 2 rings (SSSR count). The fraction of sp³-hybridized carbons (Fsp3) is 0.647. The standard InChI is InChI=1S/C17H28N2O2/c1-17(20)7-3-9-19(11-8-17)10-4-12-21-16-6-2-5-15(13-16)14-18/h2,5-6,13,20H,3-4,7-12,14,18H2,1H3. The van der Waals surface area contributed by atoms with E-state index in [9.17, 15) is 5.11 Å². The van der Waals surface area contributed by atoms with Gasteiger partial charge in [-0.05, 0) is 56.8 Å². The fourth-order valence-corrected chi connectivity index (χ4v) is 2.78. The Morgan fingerprint density at radius 1 is 1.33 bits per heavy atom. The third-order valence-corrected chi connectivity index (χ3v) is 4.18. The van der Waals surface area contributed by atoms with Crippen LogP contribution in [0.2, 0.25) is 0 Å². The number of hydrogen-bond donors (Lipinski definition) is 2. The maximum atomic E-state index is 10.1. The monoisotopic (exact) mass is 292 g/mol. The Morgan fingerprint density at radius 3 is 3.00 bits per heavy atom. The highest BCUT2D eigenvalue weighted by molar-refractivity contribution is 5.28. The molecule has 1 aromatic carbocycles. The molecule has 1 unspecified atom stereocenters. The van der Waals surface area contributed by atoms with Gasteiger partial charge in [-0.3, -0.25) is 0 Å². The van der Waals surface area contributed by atoms with E-state index in [4.69, 9.17) is 10.5 Å². The molecule has 0 saturated carbocycles. The van der Waals surface area contributed by atoms with Gasteiger partial charge < -0.3 is 20.5 Å². The average Bonchev–Trinajstić information content (AvgIpc) is 2.65. The lowest BCUT2D eigenvalue weighted by Crippen LogP contribution is -2.29. The van der Waals surface area contributed by atoms with Gasteiger partial charge in [0.15, 0.2) is 0 Å². The van der Waals surface area contributed by atoms with Crippen LogP contribution in [-0.2, 0) is 6.54 Å². The lowest BCUT2D eigenvalue weighted by atomic mass is 9.98. The molecule has 1 saturated heterocycles. The van der Waals surface area contributed by atoms with Gasteiger partial charge >= 0.3 is 0 Å². The Labute approximate surface area is 127 Å². The zero-order chi connectivity index (χ0) is 15.1. The first-order valence-corrected chi connectivity index (χ1v) is 7.96. The predicted octanol–water partition coefficient (Wildman–Crippen LogP) is 2.15. The number of likely N-dealkylation sites (tertiary alicyclic amines) is 1. The van der Waals surface area contributed by atoms with Gasteiger partial charge in [-0.25, -0.2) is 0 Å². The van der Waals surface area contributed by atoms with Gasteiger partial charge in [-0.1, -0.05) is 12.1 Å². The zero-order valence-electron chi connectivity index (χ0n) is 13.1. The van der Waals surface area contributed by atoms with Gasteiger partial charge in [0.1, 0.15) is 5.75 Å². The van der Waals surface area contributed by atoms with Crippen LogP contribution in [0.1, 0.15) is 38.2 Å². The summed E-state index contributed by atoms with van der Waals surface area (Å²) in [6.07, 6.45) is 3.86. The summed E-state index contributed by atoms with van der Waals surface area (Å²) in [5.41, 5.74) is 6.25. The zero-order valence-corrected chi connectivity index (χ0v) is 13.1. The van der Waals surface area contributed by atoms with Gasteiger partial charge in [0.2, 0.25) is 0 Å². The van der Waals surface area contributed by atoms with Crippen molar-refractivity contribution in [2.45, 2.75) is 44.8 Å². The van der Waals surface area contributed by atoms with Crippen molar-refractivity contribution in [3.05, 3.63) is 29.8 Å². The SMILES string of the molecule is CC1(O)CCCN(CCCOc2cccc(CN)c2)CC1. The molecule has 0 bridgehead atoms. The lowest BCUT2D eigenvalue weighted by molar-refractivity contribution is 0.0445. The Balaban J connectivity index is 1.67. The molecule has 0 spiro atoms. The van der Waals surface area contributed by atoms with Crippen LogP contribution in [0, 0.1) is 0 Å². The van der Waals surface area contributed by atoms with E-state index in [-0.39, 0.29) is 0 Å². The topological polar surface area (TPSA) is 58.7 Å². The highest BCUT2D eigenvalue weighted by atomic mass is 16.5. The molecule has 0 radical (unpaired) electrons. The summed E-state index contributed by atoms with van der Waals surface area (Å²) < 4.78 is 5.78. The largest absolute Gasteiger partial charge is 0.494 e. The third kappa shape index (κ3) is 5.65. The molecule has 1 aliphatic rings. The van der Waals surface area contributed by atoms with E-state index in [1.807, 2.05) is 31.2 Å². The Morgan fingerprint density at radius 2 is 2.19 bits per heavy atom. The van der Waals surface area contributed by atoms with Crippen LogP contribution < -0.4 is 10.5 Å². The van der Waals surface area contributed by atoms with Crippen molar-refractivity contribution < 1.29 is 9.84 Å². The van der Waals surface area contributed by atoms with Gasteiger partial charge in [-0.15, -0.1) is 0 Å². The molecule has 118 valence electrons. The normalized spacial score (nSPS) is 23.8. The molecule has 0 aliphatic carbocycles. The highest BCUT2D eigenvalue weighted by Gasteiger charge is 2.24. The Hall–Kier alpha value is -1.10. The molecule has 3 N–H and O–H groups in total. The summed E-state index contributed by atoms with van der Waals surface area (Å²) in [4.78, 5) is 2.43. The van der Waals surface area contributed by atoms with Crippen LogP contribution in [0.15, 0.2) is 24.3 Å². The first-order chi connectivity index (χ1) is 10.1. The second-order valence-corrected chi connectivity index (χ2v) is 6.25. The van der Waals surface area contributed by atoms with Crippen molar-refractivity contribution in [1.82, 2.24) is 4.90 Å². The van der Waals surface area contributed by atoms with Crippen molar-refractivity contribution >= 4 is 0 Å². The molecule has 4 nitrogen and oxygen atoms in total. The van der Waals surface area contributed by atoms with Crippen LogP contribution in [0.5, 0.6) is 5.75 Å². The molecular weight excluding hydrogens is 264 g/mol. The molecule has 1 atom stereocenters. The van der Waals surface area contributed by atoms with Crippen LogP contribution >= 0.6 is 0 Å². The second kappa shape index (κ2) is 7.78. The van der Waals surface area contributed by atoms with E-state index < -0.39 is 5.60 Å². The predicted molar refractivity (Wildman–Crippen MR) is 85.4 cm³/mol. The van der Waals surface area contributed by atoms with Crippen molar-refractivity contribution in [2.75, 3.05) is 26.2 Å². The molecule has 1 fully saturated rings. The van der Waals surface area contributed by atoms with Crippen LogP contribution in [0.4, 0.5) is 0 Å². The molecule has 1 aromatic rings. The quantitative estimate of drug-likeness (QED) is 0.789. The molecule has 21 heavy (non-hydrogen) atoms. The highest BCUT2D eigenvalue weighted by Crippen LogP contribution is 2.21. The number of ether oxygens (including phenoxy) is 1. The van der Waals surface area contributed by atoms with Crippen molar-refractivity contribution in [3.63, 3.8) is 0 Å². The summed E-state index contributed by atoms with van der Waals surface area (Å²) in [5.74, 6) is 0.900. The van der Waals surface area contributed by atoms with Crippen molar-refractivity contribution in [2.24, 2.45) is 5.73 Å². The smallest absolute Gasteiger partial charge is 0.119 e. The molecule has 0 amide bonds. The van der Waals surface area contributed by atoms with Crippen LogP contribution in [-0.4, -0.2) is 41.8 Å². The Bertz CT molecular complexity index is 435. The van der Waals surface area contributed by atoms with Gasteiger partial charge in [0.05, 0.1) is 12.2 Å². The summed E-state index contributed by atoms with van der Waals surface area (Å²) in [6.45, 7) is 6.32. The van der Waals surface area contributed by atoms with Crippen molar-refractivity contribution in [3.8, 4) is 5.75 Å². The maximum absolute atomic E-state index is 10.1. The van der Waals surface area contributed by atoms with E-state index in [1.54, 1.807) is 0 Å². The van der Waals surface area contributed by atoms with E-state index in [1.165, 1.54) is 0 Å². The summed E-state index contributed by atoms with van der Waals surface area (Å²) in [7, 11) is 0. The molecule has 1 heterocycles. The Kier molecular flexibility index (Phi) is 6.03. The lowest BCUT2D eigenvalue weighted by Gasteiger charge is -2.22. The minimum atomic E-state index is -0.478. The van der Waals surface area contributed by atoms with Crippen LogP contribution in [0.25, 0.3) is 0 Å². The van der Waals surface area contributed by atoms with Gasteiger partial charge in [0, 0.05) is 19.6 Å². The summed E-state index contributed by atoms with van der Waals surface area (Å²) in [5, 5.41) is 10.1. The fourth-order valence-electron chi connectivity index (χ4n) is 2.78. The van der Waals surface area contributed by atoms with Crippen molar-refractivity contribution in [1.29, 1.82) is 0 Å². The third-order valence-electron chi connectivity index (χ3n) is 4.18. The minimum Gasteiger partial charge on any atom is -0.494 e. The van der Waals surface area contributed by atoms with E-state index >= 15 is 0 Å². The van der Waals surface area contributed by atoms with E-state index in [2.05, 4.69) is 4.90 Å². The molecule has 0 aromatic heterocycles. The first kappa shape index (κ1) is 16.3. The summed E-state index contributed by atoms with van der Waals surface area (Å²) >= 11 is 0. The van der Waals surface area contributed by atoms with E-state index in [0.717, 1.165) is 63.2 Å². The summed E-state index contributed by atoms with van der Waals surface area (Å²) in [6, 6.07) is 7.97. The van der Waals surface area contributed by atoms with Gasteiger partial charge in [-0.2, -0.15) is 0 Å². The minimum absolute atomic E-state index is 0.478. The number of aliphatic hydroxyl groups is 1. The number of hydrogen-bond acceptors (Lipinski definition) is 4. The molecule has 1 aliphatic heterocycles. The molecular formula is C17H28N2O2. The van der Waals surface area contributed by atoms with E-state index in [0.29, 0.717) is 6.54 Å². The second-order valence-electron chi connectivity index (χ2n) is 6.25. The van der Waals surface area contributed by atoms with Crippen LogP contribution in [0.3, 0.4) is 0 Å². The molecule has 4 heteroatoms. The maximum Gasteiger partial charge on any atom is 0.119 e. The number of benzene rings is 1. The number of nitrogens with two attached hydrogens (primary N) is 1. The number of nitrogens with zero attached hydrogens (tertiary/aromatic N) is 1. The number of rotatable bonds is 6.